The molecule has 0 aromatic carbocycles. The molecule has 0 spiro atoms. The van der Waals surface area contributed by atoms with Crippen LogP contribution in [0, 0.1) is 0 Å². The largest absolute Gasteiger partial charge is 0.352 e. The van der Waals surface area contributed by atoms with Gasteiger partial charge in [0, 0.05) is 19.9 Å². The number of carbonyl (C=O) groups is 3. The van der Waals surface area contributed by atoms with E-state index < -0.39 is 5.54 Å². The fourth-order valence-corrected chi connectivity index (χ4v) is 0.939. The third kappa shape index (κ3) is 12.8. The Balaban J connectivity index is 0. The minimum Gasteiger partial charge on any atom is -0.352 e. The lowest BCUT2D eigenvalue weighted by molar-refractivity contribution is -0.131. The number of hydrogen-bond donors (Lipinski definition) is 2. The second kappa shape index (κ2) is 8.06. The smallest absolute Gasteiger partial charge is 0.245 e. The van der Waals surface area contributed by atoms with Gasteiger partial charge in [0.1, 0.15) is 5.54 Å². The number of halogens is 1. The number of nitrogens with one attached hydrogen (secondary N) is 2. The average Bonchev–Trinajstić information content (AvgIpc) is 1.98. The van der Waals surface area contributed by atoms with E-state index in [-0.39, 0.29) is 23.1 Å². The Hall–Kier alpha value is -1.10. The van der Waals surface area contributed by atoms with Crippen molar-refractivity contribution in [1.29, 1.82) is 0 Å². The molecule has 0 bridgehead atoms. The summed E-state index contributed by atoms with van der Waals surface area (Å²) in [4.78, 5) is 31.5. The van der Waals surface area contributed by atoms with Crippen molar-refractivity contribution >= 4 is 28.7 Å². The molecule has 0 unspecified atom stereocenters. The average molecular weight is 265 g/mol. The van der Waals surface area contributed by atoms with Crippen LogP contribution in [0.15, 0.2) is 0 Å². The Morgan fingerprint density at radius 3 is 1.71 bits per heavy atom. The lowest BCUT2D eigenvalue weighted by atomic mass is 10.0. The summed E-state index contributed by atoms with van der Waals surface area (Å²) >= 11 is 4.64. The van der Waals surface area contributed by atoms with Gasteiger partial charge in [-0.3, -0.25) is 14.4 Å². The summed E-state index contributed by atoms with van der Waals surface area (Å²) in [6.07, 6.45) is 0. The van der Waals surface area contributed by atoms with E-state index >= 15 is 0 Å². The van der Waals surface area contributed by atoms with Crippen molar-refractivity contribution in [2.45, 2.75) is 53.1 Å². The molecule has 0 saturated carbocycles. The first-order chi connectivity index (χ1) is 7.49. The molecule has 0 rings (SSSR count). The first-order valence-electron chi connectivity index (χ1n) is 5.24. The van der Waals surface area contributed by atoms with Crippen LogP contribution in [0.3, 0.4) is 0 Å². The van der Waals surface area contributed by atoms with Crippen LogP contribution in [0.2, 0.25) is 0 Å². The van der Waals surface area contributed by atoms with Crippen molar-refractivity contribution in [1.82, 2.24) is 10.6 Å². The van der Waals surface area contributed by atoms with E-state index in [4.69, 9.17) is 0 Å². The number of carbonyl (C=O) groups excluding carboxylic acids is 3. The van der Waals surface area contributed by atoms with Crippen molar-refractivity contribution in [3.05, 3.63) is 0 Å². The van der Waals surface area contributed by atoms with Crippen LogP contribution in [-0.2, 0) is 14.4 Å². The molecule has 0 aromatic heterocycles. The molecule has 0 aliphatic carbocycles. The highest BCUT2D eigenvalue weighted by Gasteiger charge is 2.28. The molecule has 0 atom stereocenters. The summed E-state index contributed by atoms with van der Waals surface area (Å²) in [5, 5.41) is 4.95. The highest BCUT2D eigenvalue weighted by Crippen LogP contribution is 2.02. The maximum Gasteiger partial charge on any atom is 0.245 e. The Kier molecular flexibility index (Phi) is 8.66. The molecule has 0 aliphatic heterocycles. The topological polar surface area (TPSA) is 75.3 Å². The van der Waals surface area contributed by atoms with Crippen molar-refractivity contribution in [2.75, 3.05) is 0 Å². The molecule has 0 aliphatic rings. The van der Waals surface area contributed by atoms with Gasteiger partial charge in [0.25, 0.3) is 0 Å². The molecular weight excluding hydrogens is 244 g/mol. The van der Waals surface area contributed by atoms with Gasteiger partial charge < -0.3 is 10.6 Å². The van der Waals surface area contributed by atoms with E-state index in [1.807, 2.05) is 13.8 Å². The standard InChI is InChI=1S/C9H18N2O2.C2H3ClO/c1-6(2)10-8(13)9(4,5)11-7(3)12;1-2(3)4/h6H,1-5H3,(H,10,13)(H,11,12);1H3. The molecule has 0 heterocycles. The minimum atomic E-state index is -0.837. The van der Waals surface area contributed by atoms with Gasteiger partial charge in [-0.15, -0.1) is 0 Å². The zero-order valence-electron chi connectivity index (χ0n) is 11.2. The van der Waals surface area contributed by atoms with Gasteiger partial charge in [-0.25, -0.2) is 0 Å². The zero-order chi connectivity index (χ0) is 14.2. The number of rotatable bonds is 3. The van der Waals surface area contributed by atoms with Crippen molar-refractivity contribution in [2.24, 2.45) is 0 Å². The molecule has 5 nitrogen and oxygen atoms in total. The number of hydrogen-bond acceptors (Lipinski definition) is 3. The van der Waals surface area contributed by atoms with Crippen LogP contribution in [-0.4, -0.2) is 28.6 Å². The summed E-state index contributed by atoms with van der Waals surface area (Å²) in [6, 6.07) is 0.0838. The lowest BCUT2D eigenvalue weighted by Crippen LogP contribution is -2.55. The van der Waals surface area contributed by atoms with Crippen LogP contribution in [0.5, 0.6) is 0 Å². The maximum absolute atomic E-state index is 11.5. The highest BCUT2D eigenvalue weighted by molar-refractivity contribution is 6.62. The van der Waals surface area contributed by atoms with Gasteiger partial charge in [-0.1, -0.05) is 0 Å². The molecule has 2 amide bonds. The Morgan fingerprint density at radius 1 is 1.12 bits per heavy atom. The van der Waals surface area contributed by atoms with Crippen molar-refractivity contribution in [3.63, 3.8) is 0 Å². The molecule has 0 fully saturated rings. The maximum atomic E-state index is 11.5. The second-order valence-corrected chi connectivity index (χ2v) is 4.94. The Bertz CT molecular complexity index is 284. The van der Waals surface area contributed by atoms with Gasteiger partial charge in [-0.05, 0) is 39.3 Å². The van der Waals surface area contributed by atoms with Crippen molar-refractivity contribution in [3.8, 4) is 0 Å². The molecule has 100 valence electrons. The molecule has 6 heteroatoms. The summed E-state index contributed by atoms with van der Waals surface area (Å²) in [7, 11) is 0. The van der Waals surface area contributed by atoms with E-state index in [1.165, 1.54) is 13.8 Å². The fourth-order valence-electron chi connectivity index (χ4n) is 0.939. The zero-order valence-corrected chi connectivity index (χ0v) is 11.9. The normalized spacial score (nSPS) is 10.1. The van der Waals surface area contributed by atoms with E-state index in [0.29, 0.717) is 0 Å². The van der Waals surface area contributed by atoms with Gasteiger partial charge in [0.05, 0.1) is 0 Å². The van der Waals surface area contributed by atoms with Crippen molar-refractivity contribution < 1.29 is 14.4 Å². The fraction of sp³-hybridized carbons (Fsp3) is 0.727. The molecule has 17 heavy (non-hydrogen) atoms. The van der Waals surface area contributed by atoms with Crippen LogP contribution in [0.25, 0.3) is 0 Å². The Labute approximate surface area is 107 Å². The van der Waals surface area contributed by atoms with E-state index in [1.54, 1.807) is 13.8 Å². The predicted octanol–water partition coefficient (Wildman–Crippen LogP) is 1.20. The summed E-state index contributed by atoms with van der Waals surface area (Å²) in [5.74, 6) is -0.374. The monoisotopic (exact) mass is 264 g/mol. The molecule has 2 N–H and O–H groups in total. The molecule has 0 radical (unpaired) electrons. The quantitative estimate of drug-likeness (QED) is 0.752. The minimum absolute atomic E-state index is 0.0838. The third-order valence-electron chi connectivity index (χ3n) is 1.48. The highest BCUT2D eigenvalue weighted by atomic mass is 35.5. The first-order valence-corrected chi connectivity index (χ1v) is 5.62. The first kappa shape index (κ1) is 18.3. The summed E-state index contributed by atoms with van der Waals surface area (Å²) in [6.45, 7) is 9.79. The summed E-state index contributed by atoms with van der Waals surface area (Å²) < 4.78 is 0. The molecule has 0 aromatic rings. The van der Waals surface area contributed by atoms with E-state index in [2.05, 4.69) is 22.2 Å². The Morgan fingerprint density at radius 2 is 1.47 bits per heavy atom. The van der Waals surface area contributed by atoms with Crippen LogP contribution in [0.4, 0.5) is 0 Å². The van der Waals surface area contributed by atoms with E-state index in [0.717, 1.165) is 0 Å². The predicted molar refractivity (Wildman–Crippen MR) is 67.7 cm³/mol. The summed E-state index contributed by atoms with van der Waals surface area (Å²) in [5.41, 5.74) is -0.837. The number of amides is 2. The van der Waals surface area contributed by atoms with E-state index in [9.17, 15) is 14.4 Å². The molecule has 0 saturated heterocycles. The van der Waals surface area contributed by atoms with Crippen LogP contribution < -0.4 is 10.6 Å². The van der Waals surface area contributed by atoms with Gasteiger partial charge in [0.15, 0.2) is 0 Å². The lowest BCUT2D eigenvalue weighted by Gasteiger charge is -2.25. The van der Waals surface area contributed by atoms with Gasteiger partial charge in [0.2, 0.25) is 17.1 Å². The van der Waals surface area contributed by atoms with Crippen LogP contribution in [0.1, 0.15) is 41.5 Å². The van der Waals surface area contributed by atoms with Gasteiger partial charge >= 0.3 is 0 Å². The second-order valence-electron chi connectivity index (χ2n) is 4.40. The van der Waals surface area contributed by atoms with Crippen LogP contribution >= 0.6 is 11.6 Å². The third-order valence-corrected chi connectivity index (χ3v) is 1.48. The van der Waals surface area contributed by atoms with Gasteiger partial charge in [-0.2, -0.15) is 0 Å². The SMILES string of the molecule is CC(=O)Cl.CC(=O)NC(C)(C)C(=O)NC(C)C. The molecular formula is C11H21ClN2O3.